The van der Waals surface area contributed by atoms with Crippen molar-refractivity contribution in [2.75, 3.05) is 31.5 Å². The molecule has 6 rings (SSSR count). The lowest BCUT2D eigenvalue weighted by atomic mass is 9.75. The molecule has 0 saturated carbocycles. The lowest BCUT2D eigenvalue weighted by Gasteiger charge is -2.50. The number of aliphatic imine (C=N–C) groups is 1. The van der Waals surface area contributed by atoms with Crippen molar-refractivity contribution in [2.24, 2.45) is 10.9 Å². The van der Waals surface area contributed by atoms with Crippen LogP contribution in [0.1, 0.15) is 12.8 Å². The Balaban J connectivity index is 1.37. The highest BCUT2D eigenvalue weighted by molar-refractivity contribution is 5.99. The van der Waals surface area contributed by atoms with Crippen LogP contribution in [0.2, 0.25) is 0 Å². The Labute approximate surface area is 132 Å². The van der Waals surface area contributed by atoms with Gasteiger partial charge in [-0.05, 0) is 44.1 Å². The minimum absolute atomic E-state index is 0.170. The van der Waals surface area contributed by atoms with Crippen molar-refractivity contribution in [1.82, 2.24) is 15.1 Å². The Hall–Kier alpha value is -2.15. The molecule has 0 radical (unpaired) electrons. The molecule has 1 atom stereocenters. The summed E-state index contributed by atoms with van der Waals surface area (Å²) in [6.45, 7) is 4.01. The summed E-state index contributed by atoms with van der Waals surface area (Å²) in [4.78, 5) is 7.02. The largest absolute Gasteiger partial charge is 0.455 e. The maximum atomic E-state index is 13.3. The number of ether oxygens (including phenoxy) is 1. The number of halogens is 1. The van der Waals surface area contributed by atoms with Gasteiger partial charge in [-0.2, -0.15) is 5.10 Å². The zero-order valence-electron chi connectivity index (χ0n) is 12.7. The quantitative estimate of drug-likeness (QED) is 0.844. The lowest BCUT2D eigenvalue weighted by molar-refractivity contribution is -0.0829. The van der Waals surface area contributed by atoms with Crippen LogP contribution in [-0.2, 0) is 4.74 Å². The number of nitrogens with one attached hydrogen (secondary N) is 2. The average Bonchev–Trinajstić information content (AvgIpc) is 3.13. The van der Waals surface area contributed by atoms with Crippen LogP contribution in [0, 0.1) is 11.7 Å². The van der Waals surface area contributed by atoms with E-state index in [1.165, 1.54) is 38.1 Å². The maximum absolute atomic E-state index is 13.3. The van der Waals surface area contributed by atoms with Gasteiger partial charge in [-0.25, -0.2) is 9.38 Å². The third-order valence-electron chi connectivity index (χ3n) is 5.36. The zero-order chi connectivity index (χ0) is 15.4. The second kappa shape index (κ2) is 4.67. The molecule has 0 unspecified atom stereocenters. The Morgan fingerprint density at radius 2 is 2.22 bits per heavy atom. The van der Waals surface area contributed by atoms with Crippen LogP contribution in [0.5, 0.6) is 0 Å². The number of benzene rings is 1. The van der Waals surface area contributed by atoms with Crippen molar-refractivity contribution in [2.45, 2.75) is 18.4 Å². The molecule has 6 nitrogen and oxygen atoms in total. The summed E-state index contributed by atoms with van der Waals surface area (Å²) in [5.41, 5.74) is 0.487. The normalized spacial score (nSPS) is 32.3. The van der Waals surface area contributed by atoms with Gasteiger partial charge in [0.05, 0.1) is 12.1 Å². The molecule has 3 saturated heterocycles. The van der Waals surface area contributed by atoms with Crippen LogP contribution >= 0.6 is 0 Å². The van der Waals surface area contributed by atoms with Crippen LogP contribution in [0.4, 0.5) is 10.2 Å². The lowest BCUT2D eigenvalue weighted by Crippen LogP contribution is -2.61. The smallest absolute Gasteiger partial charge is 0.291 e. The van der Waals surface area contributed by atoms with E-state index in [1.54, 1.807) is 6.07 Å². The summed E-state index contributed by atoms with van der Waals surface area (Å²) in [6.07, 6.45) is 2.38. The molecule has 5 heterocycles. The van der Waals surface area contributed by atoms with Gasteiger partial charge < -0.3 is 4.74 Å². The van der Waals surface area contributed by atoms with Gasteiger partial charge in [0.2, 0.25) is 0 Å². The van der Waals surface area contributed by atoms with E-state index in [9.17, 15) is 4.39 Å². The number of fused-ring (bicyclic) bond motifs is 3. The maximum Gasteiger partial charge on any atom is 0.291 e. The molecule has 2 N–H and O–H groups in total. The highest BCUT2D eigenvalue weighted by Gasteiger charge is 2.51. The highest BCUT2D eigenvalue weighted by Crippen LogP contribution is 2.41. The number of aromatic amines is 1. The van der Waals surface area contributed by atoms with E-state index in [1.807, 2.05) is 0 Å². The molecule has 3 fully saturated rings. The summed E-state index contributed by atoms with van der Waals surface area (Å²) in [7, 11) is 0. The number of H-pyrrole nitrogens is 1. The molecule has 1 spiro atoms. The predicted octanol–water partition coefficient (Wildman–Crippen LogP) is 1.96. The van der Waals surface area contributed by atoms with Crippen molar-refractivity contribution in [3.05, 3.63) is 24.0 Å². The van der Waals surface area contributed by atoms with Crippen LogP contribution in [-0.4, -0.2) is 52.9 Å². The Kier molecular flexibility index (Phi) is 2.70. The molecule has 23 heavy (non-hydrogen) atoms. The van der Waals surface area contributed by atoms with Gasteiger partial charge in [-0.15, -0.1) is 0 Å². The molecule has 0 amide bonds. The number of hydrogen-bond donors (Lipinski definition) is 2. The number of piperidine rings is 3. The fourth-order valence-electron chi connectivity index (χ4n) is 4.14. The van der Waals surface area contributed by atoms with E-state index >= 15 is 0 Å². The van der Waals surface area contributed by atoms with Crippen LogP contribution < -0.4 is 5.32 Å². The summed E-state index contributed by atoms with van der Waals surface area (Å²) >= 11 is 0. The van der Waals surface area contributed by atoms with Crippen molar-refractivity contribution in [1.29, 1.82) is 0 Å². The molecular weight excluding hydrogens is 297 g/mol. The first-order valence-corrected chi connectivity index (χ1v) is 8.08. The van der Waals surface area contributed by atoms with Crippen molar-refractivity contribution >= 4 is 22.7 Å². The molecule has 2 aromatic rings. The zero-order valence-corrected chi connectivity index (χ0v) is 12.7. The second-order valence-electron chi connectivity index (χ2n) is 6.73. The van der Waals surface area contributed by atoms with Gasteiger partial charge in [0.15, 0.2) is 5.82 Å². The van der Waals surface area contributed by atoms with Crippen LogP contribution in [0.15, 0.2) is 23.2 Å². The summed E-state index contributed by atoms with van der Waals surface area (Å²) in [5.74, 6) is 0.922. The summed E-state index contributed by atoms with van der Waals surface area (Å²) in [6, 6.07) is 5.08. The number of rotatable bonds is 1. The van der Waals surface area contributed by atoms with Gasteiger partial charge in [0.25, 0.3) is 6.02 Å². The van der Waals surface area contributed by atoms with E-state index in [-0.39, 0.29) is 11.4 Å². The first-order valence-electron chi connectivity index (χ1n) is 8.08. The third kappa shape index (κ3) is 2.03. The Morgan fingerprint density at radius 3 is 3.00 bits per heavy atom. The van der Waals surface area contributed by atoms with Crippen molar-refractivity contribution < 1.29 is 9.13 Å². The third-order valence-corrected chi connectivity index (χ3v) is 5.36. The highest BCUT2D eigenvalue weighted by atomic mass is 19.1. The molecule has 4 aliphatic rings. The first kappa shape index (κ1) is 13.3. The van der Waals surface area contributed by atoms with Crippen LogP contribution in [0.3, 0.4) is 0 Å². The first-order chi connectivity index (χ1) is 11.2. The van der Waals surface area contributed by atoms with E-state index in [4.69, 9.17) is 4.74 Å². The molecule has 2 bridgehead atoms. The SMILES string of the molecule is Fc1ccc2c(NC3=NC[C@@]4(CN5CCC4CC5)O3)n[nH]c2c1. The molecule has 4 aliphatic heterocycles. The van der Waals surface area contributed by atoms with Gasteiger partial charge in [-0.1, -0.05) is 0 Å². The molecular formula is C16H18FN5O. The molecule has 1 aromatic carbocycles. The van der Waals surface area contributed by atoms with Crippen molar-refractivity contribution in [3.63, 3.8) is 0 Å². The van der Waals surface area contributed by atoms with Crippen LogP contribution in [0.25, 0.3) is 10.9 Å². The standard InChI is InChI=1S/C16H18FN5O/c17-11-1-2-12-13(7-11)20-21-14(12)19-15-18-8-16(23-15)9-22-5-3-10(16)4-6-22/h1-2,7,10H,3-6,8-9H2,(H2,18,19,20,21)/t16-/m0/s1. The van der Waals surface area contributed by atoms with Gasteiger partial charge in [0, 0.05) is 17.8 Å². The topological polar surface area (TPSA) is 65.5 Å². The molecule has 1 aromatic heterocycles. The molecule has 0 aliphatic carbocycles. The van der Waals surface area contributed by atoms with Gasteiger partial charge in [-0.3, -0.25) is 15.3 Å². The second-order valence-corrected chi connectivity index (χ2v) is 6.73. The van der Waals surface area contributed by atoms with Crippen molar-refractivity contribution in [3.8, 4) is 0 Å². The van der Waals surface area contributed by atoms with Gasteiger partial charge in [0.1, 0.15) is 11.4 Å². The molecule has 120 valence electrons. The fraction of sp³-hybridized carbons (Fsp3) is 0.500. The van der Waals surface area contributed by atoms with E-state index in [2.05, 4.69) is 25.4 Å². The summed E-state index contributed by atoms with van der Waals surface area (Å²) in [5, 5.41) is 11.0. The predicted molar refractivity (Wildman–Crippen MR) is 85.0 cm³/mol. The molecule has 7 heteroatoms. The minimum Gasteiger partial charge on any atom is -0.455 e. The van der Waals surface area contributed by atoms with E-state index in [0.29, 0.717) is 29.8 Å². The fourth-order valence-corrected chi connectivity index (χ4v) is 4.14. The van der Waals surface area contributed by atoms with Gasteiger partial charge >= 0.3 is 0 Å². The Morgan fingerprint density at radius 1 is 1.35 bits per heavy atom. The Bertz CT molecular complexity index is 795. The number of hydrogen-bond acceptors (Lipinski definition) is 5. The number of amidine groups is 1. The average molecular weight is 315 g/mol. The monoisotopic (exact) mass is 315 g/mol. The summed E-state index contributed by atoms with van der Waals surface area (Å²) < 4.78 is 19.5. The minimum atomic E-state index is -0.284. The number of anilines is 1. The van der Waals surface area contributed by atoms with E-state index < -0.39 is 0 Å². The number of nitrogens with zero attached hydrogens (tertiary/aromatic N) is 3. The van der Waals surface area contributed by atoms with E-state index in [0.717, 1.165) is 11.9 Å². The number of aromatic nitrogens is 2.